The molecule has 1 aromatic rings. The molecule has 0 spiro atoms. The molecule has 4 nitrogen and oxygen atoms in total. The Morgan fingerprint density at radius 3 is 2.84 bits per heavy atom. The second kappa shape index (κ2) is 6.82. The van der Waals surface area contributed by atoms with Gasteiger partial charge in [-0.15, -0.1) is 0 Å². The third-order valence-corrected chi connectivity index (χ3v) is 4.29. The fraction of sp³-hybridized carbons (Fsp3) is 0.500. The lowest BCUT2D eigenvalue weighted by molar-refractivity contribution is 0.0949. The SMILES string of the molecule is Cc1cccc(N)c1C(=O)NCCN1CCSCC1. The van der Waals surface area contributed by atoms with E-state index in [4.69, 9.17) is 5.73 Å². The first-order chi connectivity index (χ1) is 9.18. The number of benzene rings is 1. The fourth-order valence-electron chi connectivity index (χ4n) is 2.24. The predicted octanol–water partition coefficient (Wildman–Crippen LogP) is 1.36. The van der Waals surface area contributed by atoms with Gasteiger partial charge >= 0.3 is 0 Å². The number of carbonyl (C=O) groups is 1. The van der Waals surface area contributed by atoms with Gasteiger partial charge in [0.05, 0.1) is 5.56 Å². The Morgan fingerprint density at radius 1 is 1.42 bits per heavy atom. The van der Waals surface area contributed by atoms with E-state index in [1.807, 2.05) is 30.8 Å². The summed E-state index contributed by atoms with van der Waals surface area (Å²) in [5.41, 5.74) is 7.94. The minimum Gasteiger partial charge on any atom is -0.398 e. The van der Waals surface area contributed by atoms with Gasteiger partial charge in [0.1, 0.15) is 0 Å². The third kappa shape index (κ3) is 3.88. The minimum absolute atomic E-state index is 0.0676. The van der Waals surface area contributed by atoms with E-state index in [0.717, 1.165) is 25.2 Å². The van der Waals surface area contributed by atoms with Crippen LogP contribution < -0.4 is 11.1 Å². The highest BCUT2D eigenvalue weighted by molar-refractivity contribution is 7.99. The van der Waals surface area contributed by atoms with Crippen LogP contribution >= 0.6 is 11.8 Å². The summed E-state index contributed by atoms with van der Waals surface area (Å²) in [5.74, 6) is 2.32. The van der Waals surface area contributed by atoms with E-state index >= 15 is 0 Å². The molecule has 3 N–H and O–H groups in total. The van der Waals surface area contributed by atoms with Crippen molar-refractivity contribution in [2.45, 2.75) is 6.92 Å². The van der Waals surface area contributed by atoms with E-state index in [9.17, 15) is 4.79 Å². The Kier molecular flexibility index (Phi) is 5.10. The molecule has 0 unspecified atom stereocenters. The van der Waals surface area contributed by atoms with Crippen LogP contribution in [0.5, 0.6) is 0 Å². The van der Waals surface area contributed by atoms with Crippen molar-refractivity contribution in [1.29, 1.82) is 0 Å². The van der Waals surface area contributed by atoms with Crippen LogP contribution in [0.1, 0.15) is 15.9 Å². The highest BCUT2D eigenvalue weighted by Gasteiger charge is 2.13. The largest absolute Gasteiger partial charge is 0.398 e. The van der Waals surface area contributed by atoms with Crippen LogP contribution in [0.15, 0.2) is 18.2 Å². The Labute approximate surface area is 118 Å². The summed E-state index contributed by atoms with van der Waals surface area (Å²) in [4.78, 5) is 14.5. The number of amides is 1. The average Bonchev–Trinajstić information content (AvgIpc) is 2.40. The minimum atomic E-state index is -0.0676. The Balaban J connectivity index is 1.84. The van der Waals surface area contributed by atoms with Crippen molar-refractivity contribution in [3.8, 4) is 0 Å². The van der Waals surface area contributed by atoms with Crippen LogP contribution in [0, 0.1) is 6.92 Å². The summed E-state index contributed by atoms with van der Waals surface area (Å²) in [6, 6.07) is 5.55. The summed E-state index contributed by atoms with van der Waals surface area (Å²) >= 11 is 1.99. The molecule has 1 saturated heterocycles. The van der Waals surface area contributed by atoms with Gasteiger partial charge in [0, 0.05) is 43.4 Å². The molecule has 1 amide bonds. The highest BCUT2D eigenvalue weighted by Crippen LogP contribution is 2.15. The van der Waals surface area contributed by atoms with Crippen LogP contribution in [-0.4, -0.2) is 48.5 Å². The van der Waals surface area contributed by atoms with Crippen molar-refractivity contribution in [2.24, 2.45) is 0 Å². The molecular weight excluding hydrogens is 258 g/mol. The van der Waals surface area contributed by atoms with Gasteiger partial charge < -0.3 is 11.1 Å². The first kappa shape index (κ1) is 14.2. The van der Waals surface area contributed by atoms with Crippen molar-refractivity contribution in [3.05, 3.63) is 29.3 Å². The smallest absolute Gasteiger partial charge is 0.253 e. The summed E-state index contributed by atoms with van der Waals surface area (Å²) in [6.07, 6.45) is 0. The number of hydrogen-bond donors (Lipinski definition) is 2. The van der Waals surface area contributed by atoms with Crippen molar-refractivity contribution >= 4 is 23.4 Å². The summed E-state index contributed by atoms with van der Waals surface area (Å²) in [5, 5.41) is 2.96. The Bertz CT molecular complexity index is 424. The number of nitrogen functional groups attached to an aromatic ring is 1. The van der Waals surface area contributed by atoms with Crippen LogP contribution in [0.25, 0.3) is 0 Å². The van der Waals surface area contributed by atoms with Crippen LogP contribution in [0.2, 0.25) is 0 Å². The normalized spacial score (nSPS) is 16.3. The zero-order chi connectivity index (χ0) is 13.7. The first-order valence-electron chi connectivity index (χ1n) is 6.62. The number of carbonyl (C=O) groups excluding carboxylic acids is 1. The van der Waals surface area contributed by atoms with Gasteiger partial charge in [0.25, 0.3) is 5.91 Å². The van der Waals surface area contributed by atoms with Gasteiger partial charge in [0.2, 0.25) is 0 Å². The molecule has 0 bridgehead atoms. The van der Waals surface area contributed by atoms with Gasteiger partial charge in [-0.1, -0.05) is 12.1 Å². The second-order valence-electron chi connectivity index (χ2n) is 4.75. The van der Waals surface area contributed by atoms with Crippen molar-refractivity contribution in [2.75, 3.05) is 43.4 Å². The molecule has 1 fully saturated rings. The predicted molar refractivity (Wildman–Crippen MR) is 81.7 cm³/mol. The summed E-state index contributed by atoms with van der Waals surface area (Å²) in [7, 11) is 0. The summed E-state index contributed by atoms with van der Waals surface area (Å²) < 4.78 is 0. The zero-order valence-corrected chi connectivity index (χ0v) is 12.1. The van der Waals surface area contributed by atoms with E-state index < -0.39 is 0 Å². The van der Waals surface area contributed by atoms with E-state index in [1.165, 1.54) is 11.5 Å². The monoisotopic (exact) mass is 279 g/mol. The van der Waals surface area contributed by atoms with Gasteiger partial charge in [0.15, 0.2) is 0 Å². The first-order valence-corrected chi connectivity index (χ1v) is 7.77. The number of nitrogens with zero attached hydrogens (tertiary/aromatic N) is 1. The summed E-state index contributed by atoms with van der Waals surface area (Å²) in [6.45, 7) is 5.74. The number of nitrogens with two attached hydrogens (primary N) is 1. The number of nitrogens with one attached hydrogen (secondary N) is 1. The Hall–Kier alpha value is -1.20. The van der Waals surface area contributed by atoms with Gasteiger partial charge in [-0.25, -0.2) is 0 Å². The lowest BCUT2D eigenvalue weighted by Crippen LogP contribution is -2.39. The lowest BCUT2D eigenvalue weighted by atomic mass is 10.1. The maximum atomic E-state index is 12.1. The molecule has 19 heavy (non-hydrogen) atoms. The van der Waals surface area contributed by atoms with Gasteiger partial charge in [-0.3, -0.25) is 9.69 Å². The molecule has 0 aromatic heterocycles. The van der Waals surface area contributed by atoms with Crippen molar-refractivity contribution in [1.82, 2.24) is 10.2 Å². The molecule has 5 heteroatoms. The van der Waals surface area contributed by atoms with Crippen molar-refractivity contribution < 1.29 is 4.79 Å². The van der Waals surface area contributed by atoms with Crippen LogP contribution in [-0.2, 0) is 0 Å². The average molecular weight is 279 g/mol. The quantitative estimate of drug-likeness (QED) is 0.817. The molecule has 0 radical (unpaired) electrons. The molecule has 0 saturated carbocycles. The van der Waals surface area contributed by atoms with E-state index in [1.54, 1.807) is 6.07 Å². The van der Waals surface area contributed by atoms with Gasteiger partial charge in [-0.05, 0) is 18.6 Å². The molecule has 1 heterocycles. The zero-order valence-electron chi connectivity index (χ0n) is 11.3. The molecule has 1 aliphatic heterocycles. The lowest BCUT2D eigenvalue weighted by Gasteiger charge is -2.26. The molecule has 2 rings (SSSR count). The maximum Gasteiger partial charge on any atom is 0.253 e. The van der Waals surface area contributed by atoms with Crippen molar-refractivity contribution in [3.63, 3.8) is 0 Å². The number of rotatable bonds is 4. The topological polar surface area (TPSA) is 58.4 Å². The number of thioether (sulfide) groups is 1. The molecule has 0 aliphatic carbocycles. The Morgan fingerprint density at radius 2 is 2.16 bits per heavy atom. The molecule has 1 aliphatic rings. The highest BCUT2D eigenvalue weighted by atomic mass is 32.2. The number of aryl methyl sites for hydroxylation is 1. The van der Waals surface area contributed by atoms with E-state index in [2.05, 4.69) is 10.2 Å². The van der Waals surface area contributed by atoms with Gasteiger partial charge in [-0.2, -0.15) is 11.8 Å². The molecule has 0 atom stereocenters. The number of hydrogen-bond acceptors (Lipinski definition) is 4. The second-order valence-corrected chi connectivity index (χ2v) is 5.97. The van der Waals surface area contributed by atoms with Crippen LogP contribution in [0.4, 0.5) is 5.69 Å². The fourth-order valence-corrected chi connectivity index (χ4v) is 3.22. The molecular formula is C14H21N3OS. The van der Waals surface area contributed by atoms with Crippen LogP contribution in [0.3, 0.4) is 0 Å². The molecule has 104 valence electrons. The number of anilines is 1. The standard InChI is InChI=1S/C14H21N3OS/c1-11-3-2-4-12(15)13(11)14(18)16-5-6-17-7-9-19-10-8-17/h2-4H,5-10,15H2,1H3,(H,16,18). The molecule has 1 aromatic carbocycles. The van der Waals surface area contributed by atoms with E-state index in [-0.39, 0.29) is 5.91 Å². The third-order valence-electron chi connectivity index (χ3n) is 3.35. The maximum absolute atomic E-state index is 12.1. The van der Waals surface area contributed by atoms with E-state index in [0.29, 0.717) is 17.8 Å².